The van der Waals surface area contributed by atoms with Crippen molar-refractivity contribution in [2.24, 2.45) is 0 Å². The Kier molecular flexibility index (Phi) is 4.35. The normalized spacial score (nSPS) is 20.5. The zero-order valence-corrected chi connectivity index (χ0v) is 14.3. The van der Waals surface area contributed by atoms with Crippen molar-refractivity contribution < 1.29 is 19.4 Å². The Morgan fingerprint density at radius 3 is 2.45 bits per heavy atom. The topological polar surface area (TPSA) is 55.8 Å². The minimum absolute atomic E-state index is 0.207. The number of carboxylic acids is 1. The first-order valence-electron chi connectivity index (χ1n) is 7.85. The highest BCUT2D eigenvalue weighted by Gasteiger charge is 2.46. The van der Waals surface area contributed by atoms with Gasteiger partial charge in [0.25, 0.3) is 0 Å². The molecule has 1 N–H and O–H groups in total. The van der Waals surface area contributed by atoms with E-state index >= 15 is 0 Å². The Hall–Kier alpha value is -1.23. The summed E-state index contributed by atoms with van der Waals surface area (Å²) >= 11 is 3.50. The molecule has 2 aliphatic rings. The molecule has 0 saturated heterocycles. The van der Waals surface area contributed by atoms with Crippen molar-refractivity contribution in [3.8, 4) is 11.5 Å². The lowest BCUT2D eigenvalue weighted by Crippen LogP contribution is -2.42. The molecule has 0 amide bonds. The van der Waals surface area contributed by atoms with Gasteiger partial charge in [-0.15, -0.1) is 0 Å². The van der Waals surface area contributed by atoms with Crippen LogP contribution in [0.4, 0.5) is 0 Å². The van der Waals surface area contributed by atoms with Crippen LogP contribution in [0.1, 0.15) is 50.5 Å². The molecule has 0 heterocycles. The van der Waals surface area contributed by atoms with Gasteiger partial charge in [0.15, 0.2) is 11.5 Å². The van der Waals surface area contributed by atoms with Crippen LogP contribution >= 0.6 is 15.9 Å². The molecule has 0 unspecified atom stereocenters. The Balaban J connectivity index is 1.98. The predicted octanol–water partition coefficient (Wildman–Crippen LogP) is 4.29. The van der Waals surface area contributed by atoms with E-state index in [9.17, 15) is 9.90 Å². The summed E-state index contributed by atoms with van der Waals surface area (Å²) in [4.78, 5) is 11.7. The zero-order chi connectivity index (χ0) is 15.7. The fourth-order valence-corrected chi connectivity index (χ4v) is 4.08. The number of benzene rings is 1. The van der Waals surface area contributed by atoms with Crippen LogP contribution < -0.4 is 9.47 Å². The van der Waals surface area contributed by atoms with Crippen LogP contribution in [0.25, 0.3) is 0 Å². The average molecular weight is 369 g/mol. The van der Waals surface area contributed by atoms with E-state index in [2.05, 4.69) is 15.9 Å². The molecule has 0 radical (unpaired) electrons. The van der Waals surface area contributed by atoms with Gasteiger partial charge in [-0.2, -0.15) is 0 Å². The lowest BCUT2D eigenvalue weighted by atomic mass is 9.64. The molecule has 0 aliphatic heterocycles. The maximum Gasteiger partial charge on any atom is 0.314 e. The number of hydrogen-bond acceptors (Lipinski definition) is 3. The van der Waals surface area contributed by atoms with E-state index in [0.717, 1.165) is 29.3 Å². The van der Waals surface area contributed by atoms with Crippen LogP contribution in [0.3, 0.4) is 0 Å². The molecule has 0 aromatic heterocycles. The number of carbonyl (C=O) groups is 1. The predicted molar refractivity (Wildman–Crippen MR) is 86.7 cm³/mol. The number of hydrogen-bond donors (Lipinski definition) is 1. The second kappa shape index (κ2) is 6.11. The molecule has 0 bridgehead atoms. The Morgan fingerprint density at radius 2 is 1.95 bits per heavy atom. The maximum absolute atomic E-state index is 11.7. The van der Waals surface area contributed by atoms with Crippen molar-refractivity contribution in [1.82, 2.24) is 0 Å². The van der Waals surface area contributed by atoms with Crippen molar-refractivity contribution in [2.45, 2.75) is 56.5 Å². The zero-order valence-electron chi connectivity index (χ0n) is 12.7. The molecule has 0 atom stereocenters. The fraction of sp³-hybridized carbons (Fsp3) is 0.588. The first kappa shape index (κ1) is 15.7. The molecular formula is C17H21BrO4. The number of carboxylic acid groups (broad SMARTS) is 1. The van der Waals surface area contributed by atoms with Crippen molar-refractivity contribution >= 4 is 21.9 Å². The van der Waals surface area contributed by atoms with Crippen LogP contribution in [-0.2, 0) is 10.2 Å². The van der Waals surface area contributed by atoms with E-state index in [0.29, 0.717) is 24.3 Å². The fourth-order valence-electron chi connectivity index (χ4n) is 3.47. The molecule has 0 spiro atoms. The van der Waals surface area contributed by atoms with Crippen molar-refractivity contribution in [2.75, 3.05) is 7.11 Å². The van der Waals surface area contributed by atoms with Gasteiger partial charge in [0.05, 0.1) is 23.1 Å². The Morgan fingerprint density at radius 1 is 1.27 bits per heavy atom. The highest BCUT2D eigenvalue weighted by Crippen LogP contribution is 2.48. The Labute approximate surface area is 138 Å². The van der Waals surface area contributed by atoms with Gasteiger partial charge in [-0.05, 0) is 72.2 Å². The third-order valence-electron chi connectivity index (χ3n) is 4.98. The molecule has 2 saturated carbocycles. The number of ether oxygens (including phenoxy) is 2. The third kappa shape index (κ3) is 2.60. The monoisotopic (exact) mass is 368 g/mol. The first-order chi connectivity index (χ1) is 10.6. The third-order valence-corrected chi connectivity index (χ3v) is 5.57. The molecule has 1 aromatic carbocycles. The van der Waals surface area contributed by atoms with Crippen LogP contribution in [0.5, 0.6) is 11.5 Å². The highest BCUT2D eigenvalue weighted by molar-refractivity contribution is 9.10. The van der Waals surface area contributed by atoms with E-state index < -0.39 is 11.4 Å². The summed E-state index contributed by atoms with van der Waals surface area (Å²) in [6.07, 6.45) is 7.00. The van der Waals surface area contributed by atoms with E-state index in [-0.39, 0.29) is 6.10 Å². The molecule has 22 heavy (non-hydrogen) atoms. The minimum atomic E-state index is -0.761. The summed E-state index contributed by atoms with van der Waals surface area (Å²) in [5.74, 6) is 0.560. The van der Waals surface area contributed by atoms with E-state index in [1.807, 2.05) is 12.1 Å². The van der Waals surface area contributed by atoms with Gasteiger partial charge >= 0.3 is 5.97 Å². The largest absolute Gasteiger partial charge is 0.492 e. The standard InChI is InChI=1S/C17H21BrO4/c1-21-15-13(18)9-11(17(16(19)20)7-4-8-17)10-14(15)22-12-5-2-3-6-12/h9-10,12H,2-8H2,1H3,(H,19,20). The summed E-state index contributed by atoms with van der Waals surface area (Å²) in [7, 11) is 1.61. The van der Waals surface area contributed by atoms with Crippen LogP contribution in [0, 0.1) is 0 Å². The summed E-state index contributed by atoms with van der Waals surface area (Å²) < 4.78 is 12.3. The van der Waals surface area contributed by atoms with Gasteiger partial charge in [0.2, 0.25) is 0 Å². The number of rotatable bonds is 5. The van der Waals surface area contributed by atoms with Crippen LogP contribution in [-0.4, -0.2) is 24.3 Å². The molecule has 1 aromatic rings. The van der Waals surface area contributed by atoms with E-state index in [1.54, 1.807) is 7.11 Å². The number of aliphatic carboxylic acids is 1. The van der Waals surface area contributed by atoms with Gasteiger partial charge in [0.1, 0.15) is 0 Å². The second-order valence-corrected chi connectivity index (χ2v) is 7.11. The van der Waals surface area contributed by atoms with Gasteiger partial charge < -0.3 is 14.6 Å². The number of halogens is 1. The second-order valence-electron chi connectivity index (χ2n) is 6.25. The van der Waals surface area contributed by atoms with Crippen molar-refractivity contribution in [1.29, 1.82) is 0 Å². The molecule has 4 nitrogen and oxygen atoms in total. The van der Waals surface area contributed by atoms with Gasteiger partial charge in [-0.25, -0.2) is 0 Å². The lowest BCUT2D eigenvalue weighted by molar-refractivity contribution is -0.147. The van der Waals surface area contributed by atoms with Gasteiger partial charge in [-0.1, -0.05) is 6.42 Å². The van der Waals surface area contributed by atoms with E-state index in [4.69, 9.17) is 9.47 Å². The minimum Gasteiger partial charge on any atom is -0.492 e. The lowest BCUT2D eigenvalue weighted by Gasteiger charge is -2.38. The summed E-state index contributed by atoms with van der Waals surface area (Å²) in [5.41, 5.74) is 0.0506. The first-order valence-corrected chi connectivity index (χ1v) is 8.64. The van der Waals surface area contributed by atoms with E-state index in [1.165, 1.54) is 12.8 Å². The van der Waals surface area contributed by atoms with Gasteiger partial charge in [-0.3, -0.25) is 4.79 Å². The molecular weight excluding hydrogens is 348 g/mol. The average Bonchev–Trinajstić information content (AvgIpc) is 2.89. The van der Waals surface area contributed by atoms with Crippen molar-refractivity contribution in [3.05, 3.63) is 22.2 Å². The molecule has 5 heteroatoms. The van der Waals surface area contributed by atoms with Crippen LogP contribution in [0.2, 0.25) is 0 Å². The summed E-state index contributed by atoms with van der Waals surface area (Å²) in [5, 5.41) is 9.64. The molecule has 3 rings (SSSR count). The van der Waals surface area contributed by atoms with Crippen LogP contribution in [0.15, 0.2) is 16.6 Å². The van der Waals surface area contributed by atoms with Crippen molar-refractivity contribution in [3.63, 3.8) is 0 Å². The molecule has 120 valence electrons. The smallest absolute Gasteiger partial charge is 0.314 e. The summed E-state index contributed by atoms with van der Waals surface area (Å²) in [6, 6.07) is 3.74. The SMILES string of the molecule is COc1c(Br)cc(C2(C(=O)O)CCC2)cc1OC1CCCC1. The highest BCUT2D eigenvalue weighted by atomic mass is 79.9. The Bertz CT molecular complexity index is 574. The van der Waals surface area contributed by atoms with Gasteiger partial charge in [0, 0.05) is 0 Å². The summed E-state index contributed by atoms with van der Waals surface area (Å²) in [6.45, 7) is 0. The quantitative estimate of drug-likeness (QED) is 0.842. The molecule has 2 aliphatic carbocycles. The molecule has 2 fully saturated rings. The maximum atomic E-state index is 11.7. The number of methoxy groups -OCH3 is 1.